The minimum absolute atomic E-state index is 0.0908. The molecule has 0 radical (unpaired) electrons. The topological polar surface area (TPSA) is 127 Å². The highest BCUT2D eigenvalue weighted by Gasteiger charge is 2.35. The molecular formula is C36H20N2O8. The molecule has 0 N–H and O–H groups in total. The van der Waals surface area contributed by atoms with Gasteiger partial charge in [-0.25, -0.2) is 0 Å². The van der Waals surface area contributed by atoms with Crippen LogP contribution >= 0.6 is 0 Å². The molecule has 0 spiro atoms. The number of nitro benzene ring substituents is 2. The van der Waals surface area contributed by atoms with Crippen LogP contribution in [-0.4, -0.2) is 9.85 Å². The fourth-order valence-electron chi connectivity index (χ4n) is 5.82. The number of ether oxygens (including phenoxy) is 3. The lowest BCUT2D eigenvalue weighted by atomic mass is 9.98. The van der Waals surface area contributed by atoms with Crippen molar-refractivity contribution in [2.75, 3.05) is 0 Å². The van der Waals surface area contributed by atoms with Gasteiger partial charge in [-0.05, 0) is 72.1 Å². The van der Waals surface area contributed by atoms with E-state index in [4.69, 9.17) is 18.6 Å². The van der Waals surface area contributed by atoms with Crippen molar-refractivity contribution >= 4 is 44.1 Å². The van der Waals surface area contributed by atoms with Crippen molar-refractivity contribution < 1.29 is 28.5 Å². The maximum absolute atomic E-state index is 12.9. The van der Waals surface area contributed by atoms with Gasteiger partial charge in [0, 0.05) is 11.5 Å². The molecule has 0 aliphatic carbocycles. The van der Waals surface area contributed by atoms with Gasteiger partial charge in [0.25, 0.3) is 5.69 Å². The number of hydrogen-bond donors (Lipinski definition) is 0. The van der Waals surface area contributed by atoms with Crippen molar-refractivity contribution in [2.45, 2.75) is 0 Å². The first-order valence-electron chi connectivity index (χ1n) is 14.2. The van der Waals surface area contributed by atoms with E-state index in [1.807, 2.05) is 24.3 Å². The van der Waals surface area contributed by atoms with Gasteiger partial charge in [-0.2, -0.15) is 0 Å². The molecule has 46 heavy (non-hydrogen) atoms. The molecule has 1 aromatic heterocycles. The molecule has 9 rings (SSSR count). The predicted octanol–water partition coefficient (Wildman–Crippen LogP) is 10.5. The summed E-state index contributed by atoms with van der Waals surface area (Å²) < 4.78 is 25.4. The normalized spacial score (nSPS) is 11.6. The van der Waals surface area contributed by atoms with Crippen LogP contribution in [-0.2, 0) is 0 Å². The monoisotopic (exact) mass is 608 g/mol. The fourth-order valence-corrected chi connectivity index (χ4v) is 5.82. The Morgan fingerprint density at radius 3 is 2.00 bits per heavy atom. The van der Waals surface area contributed by atoms with Gasteiger partial charge < -0.3 is 18.6 Å². The number of nitrogens with zero attached hydrogens (tertiary/aromatic N) is 2. The molecule has 0 saturated heterocycles. The lowest BCUT2D eigenvalue weighted by molar-refractivity contribution is -0.383. The molecule has 10 nitrogen and oxygen atoms in total. The maximum atomic E-state index is 12.9. The third-order valence-electron chi connectivity index (χ3n) is 7.78. The average Bonchev–Trinajstić information content (AvgIpc) is 3.30. The van der Waals surface area contributed by atoms with E-state index in [1.165, 1.54) is 6.07 Å². The number of nitro groups is 2. The second-order valence-electron chi connectivity index (χ2n) is 10.5. The van der Waals surface area contributed by atoms with Crippen LogP contribution in [0.1, 0.15) is 0 Å². The molecule has 2 aliphatic heterocycles. The molecule has 10 heteroatoms. The highest BCUT2D eigenvalue weighted by Crippen LogP contribution is 2.55. The standard InChI is InChI=1S/C36H20N2O8/c39-37(40)27-18-17-21-19-25(27)32-28(43-22-9-3-1-4-10-22)13-7-15-30(32)46-36-34(38(41)42)26-20-24(21)35(36)45-31-16-8-14-29(33(26)31)44-23-11-5-2-6-12-23/h1-20H. The Bertz CT molecular complexity index is 2400. The van der Waals surface area contributed by atoms with E-state index in [0.29, 0.717) is 39.3 Å². The minimum atomic E-state index is -0.518. The lowest BCUT2D eigenvalue weighted by Crippen LogP contribution is -1.94. The Morgan fingerprint density at radius 2 is 1.30 bits per heavy atom. The van der Waals surface area contributed by atoms with E-state index in [-0.39, 0.29) is 50.4 Å². The number of fused-ring (bicyclic) bond motifs is 4. The van der Waals surface area contributed by atoms with Crippen LogP contribution in [0.2, 0.25) is 0 Å². The second-order valence-corrected chi connectivity index (χ2v) is 10.5. The molecule has 2 aliphatic rings. The maximum Gasteiger partial charge on any atom is 0.323 e. The number of hydrogen-bond acceptors (Lipinski definition) is 8. The summed E-state index contributed by atoms with van der Waals surface area (Å²) in [6, 6.07) is 34.3. The fraction of sp³-hybridized carbons (Fsp3) is 0. The molecule has 0 fully saturated rings. The van der Waals surface area contributed by atoms with Gasteiger partial charge in [-0.3, -0.25) is 20.2 Å². The largest absolute Gasteiger partial charge is 0.457 e. The van der Waals surface area contributed by atoms with Gasteiger partial charge in [0.05, 0.1) is 31.7 Å². The smallest absolute Gasteiger partial charge is 0.323 e. The van der Waals surface area contributed by atoms with Gasteiger partial charge in [-0.1, -0.05) is 48.5 Å². The summed E-state index contributed by atoms with van der Waals surface area (Å²) >= 11 is 0. The van der Waals surface area contributed by atoms with Crippen LogP contribution in [0.5, 0.6) is 34.5 Å². The van der Waals surface area contributed by atoms with Crippen LogP contribution in [0.4, 0.5) is 11.4 Å². The van der Waals surface area contributed by atoms with E-state index >= 15 is 0 Å². The van der Waals surface area contributed by atoms with Gasteiger partial charge in [0.15, 0.2) is 5.75 Å². The minimum Gasteiger partial charge on any atom is -0.457 e. The van der Waals surface area contributed by atoms with Crippen LogP contribution < -0.4 is 14.2 Å². The average molecular weight is 609 g/mol. The summed E-state index contributed by atoms with van der Waals surface area (Å²) in [4.78, 5) is 24.2. The molecule has 0 unspecified atom stereocenters. The van der Waals surface area contributed by atoms with Crippen LogP contribution in [0.3, 0.4) is 0 Å². The summed E-state index contributed by atoms with van der Waals surface area (Å²) in [5, 5.41) is 26.7. The van der Waals surface area contributed by atoms with Gasteiger partial charge in [-0.15, -0.1) is 0 Å². The molecule has 0 saturated carbocycles. The predicted molar refractivity (Wildman–Crippen MR) is 172 cm³/mol. The van der Waals surface area contributed by atoms with Crippen molar-refractivity contribution in [3.8, 4) is 45.6 Å². The van der Waals surface area contributed by atoms with Crippen molar-refractivity contribution in [1.82, 2.24) is 0 Å². The molecule has 7 aromatic rings. The zero-order valence-corrected chi connectivity index (χ0v) is 23.7. The molecule has 0 amide bonds. The van der Waals surface area contributed by atoms with Crippen LogP contribution in [0.15, 0.2) is 126 Å². The molecule has 6 aromatic carbocycles. The van der Waals surface area contributed by atoms with Crippen molar-refractivity contribution in [3.63, 3.8) is 0 Å². The van der Waals surface area contributed by atoms with Gasteiger partial charge >= 0.3 is 5.69 Å². The number of benzene rings is 6. The molecular weight excluding hydrogens is 588 g/mol. The molecule has 6 bridgehead atoms. The summed E-state index contributed by atoms with van der Waals surface area (Å²) in [5.41, 5.74) is -0.00118. The van der Waals surface area contributed by atoms with E-state index in [1.54, 1.807) is 91.0 Å². The summed E-state index contributed by atoms with van der Waals surface area (Å²) in [6.07, 6.45) is 0. The quantitative estimate of drug-likeness (QED) is 0.135. The number of non-ortho nitro benzene ring substituents is 1. The van der Waals surface area contributed by atoms with Crippen molar-refractivity contribution in [1.29, 1.82) is 0 Å². The summed E-state index contributed by atoms with van der Waals surface area (Å²) in [7, 11) is 0. The van der Waals surface area contributed by atoms with Crippen LogP contribution in [0, 0.1) is 20.2 Å². The zero-order valence-electron chi connectivity index (χ0n) is 23.7. The van der Waals surface area contributed by atoms with Gasteiger partial charge in [0.1, 0.15) is 34.3 Å². The first-order chi connectivity index (χ1) is 22.5. The van der Waals surface area contributed by atoms with Crippen molar-refractivity contribution in [2.24, 2.45) is 0 Å². The first kappa shape index (κ1) is 26.9. The van der Waals surface area contributed by atoms with E-state index in [9.17, 15) is 20.2 Å². The third kappa shape index (κ3) is 4.36. The second kappa shape index (κ2) is 10.5. The molecule has 0 atom stereocenters. The Kier molecular flexibility index (Phi) is 6.14. The van der Waals surface area contributed by atoms with E-state index in [0.717, 1.165) is 0 Å². The SMILES string of the molecule is O=[N+]([O-])c1c2cc3c(c1oc1cccc(Oc4ccccc4)c1c1cc3ccc1[N+](=O)[O-])Oc1cccc(Oc3ccccc3)c1-2. The van der Waals surface area contributed by atoms with Crippen LogP contribution in [0.25, 0.3) is 43.8 Å². The molecule has 3 heterocycles. The summed E-state index contributed by atoms with van der Waals surface area (Å²) in [6.45, 7) is 0. The molecule has 222 valence electrons. The highest BCUT2D eigenvalue weighted by atomic mass is 16.6. The van der Waals surface area contributed by atoms with E-state index in [2.05, 4.69) is 0 Å². The van der Waals surface area contributed by atoms with E-state index < -0.39 is 9.85 Å². The highest BCUT2D eigenvalue weighted by molar-refractivity contribution is 6.11. The number of rotatable bonds is 6. The lowest BCUT2D eigenvalue weighted by Gasteiger charge is -2.12. The zero-order chi connectivity index (χ0) is 31.4. The summed E-state index contributed by atoms with van der Waals surface area (Å²) in [5.74, 6) is 2.05. The third-order valence-corrected chi connectivity index (χ3v) is 7.78. The Morgan fingerprint density at radius 1 is 0.630 bits per heavy atom. The van der Waals surface area contributed by atoms with Gasteiger partial charge in [0.2, 0.25) is 5.58 Å². The van der Waals surface area contributed by atoms with Crippen molar-refractivity contribution in [3.05, 3.63) is 142 Å². The first-order valence-corrected chi connectivity index (χ1v) is 14.2. The Labute approximate surface area is 259 Å². The Hall–Kier alpha value is -6.68. The Balaban J connectivity index is 1.52. The number of para-hydroxylation sites is 2.